The summed E-state index contributed by atoms with van der Waals surface area (Å²) < 4.78 is 1.86. The highest BCUT2D eigenvalue weighted by atomic mass is 16.4. The molecule has 2 aromatic rings. The summed E-state index contributed by atoms with van der Waals surface area (Å²) in [5, 5.41) is 17.8. The van der Waals surface area contributed by atoms with Gasteiger partial charge in [-0.05, 0) is 37.9 Å². The molecule has 1 aromatic carbocycles. The molecule has 2 aliphatic rings. The van der Waals surface area contributed by atoms with Gasteiger partial charge in [-0.2, -0.15) is 0 Å². The normalized spacial score (nSPS) is 26.2. The molecule has 6 heteroatoms. The second-order valence-corrected chi connectivity index (χ2v) is 5.61. The molecule has 1 aromatic heterocycles. The summed E-state index contributed by atoms with van der Waals surface area (Å²) in [7, 11) is 0. The summed E-state index contributed by atoms with van der Waals surface area (Å²) in [4.78, 5) is 13.9. The van der Waals surface area contributed by atoms with Crippen LogP contribution in [0.15, 0.2) is 18.2 Å². The van der Waals surface area contributed by atoms with Gasteiger partial charge in [0.1, 0.15) is 11.0 Å². The van der Waals surface area contributed by atoms with Crippen LogP contribution in [0.25, 0.3) is 11.0 Å². The van der Waals surface area contributed by atoms with Gasteiger partial charge in [0.25, 0.3) is 0 Å². The van der Waals surface area contributed by atoms with Gasteiger partial charge in [-0.25, -0.2) is 9.48 Å². The van der Waals surface area contributed by atoms with Crippen LogP contribution in [0.4, 0.5) is 0 Å². The molecule has 2 atom stereocenters. The Labute approximate surface area is 116 Å². The molecule has 0 saturated carbocycles. The first-order chi connectivity index (χ1) is 9.75. The highest BCUT2D eigenvalue weighted by Gasteiger charge is 2.39. The Kier molecular flexibility index (Phi) is 2.53. The molecule has 0 bridgehead atoms. The lowest BCUT2D eigenvalue weighted by Crippen LogP contribution is -2.28. The largest absolute Gasteiger partial charge is 0.478 e. The third-order valence-electron chi connectivity index (χ3n) is 4.61. The molecule has 3 heterocycles. The molecule has 2 saturated heterocycles. The average Bonchev–Trinajstić information content (AvgIpc) is 3.11. The van der Waals surface area contributed by atoms with E-state index in [4.69, 9.17) is 0 Å². The van der Waals surface area contributed by atoms with E-state index in [9.17, 15) is 9.90 Å². The molecule has 1 N–H and O–H groups in total. The molecular weight excluding hydrogens is 256 g/mol. The number of benzene rings is 1. The maximum absolute atomic E-state index is 11.4. The molecule has 4 rings (SSSR count). The molecular formula is C14H16N4O2. The second kappa shape index (κ2) is 4.28. The Morgan fingerprint density at radius 1 is 1.25 bits per heavy atom. The van der Waals surface area contributed by atoms with Gasteiger partial charge >= 0.3 is 5.97 Å². The predicted molar refractivity (Wildman–Crippen MR) is 72.7 cm³/mol. The topological polar surface area (TPSA) is 71.2 Å². The minimum atomic E-state index is -0.916. The standard InChI is InChI=1S/C14H16N4O2/c19-14(20)9-3-1-4-10-13(9)18(16-15-10)12-6-8-17-7-2-5-11(12)17/h1,3-4,11-12H,2,5-8H2,(H,19,20). The lowest BCUT2D eigenvalue weighted by molar-refractivity contribution is 0.0698. The molecule has 0 radical (unpaired) electrons. The summed E-state index contributed by atoms with van der Waals surface area (Å²) in [5.41, 5.74) is 1.63. The summed E-state index contributed by atoms with van der Waals surface area (Å²) >= 11 is 0. The molecule has 104 valence electrons. The smallest absolute Gasteiger partial charge is 0.337 e. The third kappa shape index (κ3) is 1.57. The molecule has 2 fully saturated rings. The molecule has 2 aliphatic heterocycles. The minimum Gasteiger partial charge on any atom is -0.478 e. The van der Waals surface area contributed by atoms with Crippen molar-refractivity contribution in [2.24, 2.45) is 0 Å². The Balaban J connectivity index is 1.86. The van der Waals surface area contributed by atoms with Crippen molar-refractivity contribution in [1.82, 2.24) is 19.9 Å². The SMILES string of the molecule is O=C(O)c1cccc2nnn(C3CCN4CCCC34)c12. The van der Waals surface area contributed by atoms with Crippen molar-refractivity contribution < 1.29 is 9.90 Å². The van der Waals surface area contributed by atoms with Crippen LogP contribution in [0.5, 0.6) is 0 Å². The van der Waals surface area contributed by atoms with Gasteiger partial charge in [0, 0.05) is 12.6 Å². The van der Waals surface area contributed by atoms with E-state index >= 15 is 0 Å². The predicted octanol–water partition coefficient (Wildman–Crippen LogP) is 1.54. The van der Waals surface area contributed by atoms with Gasteiger partial charge < -0.3 is 5.11 Å². The number of aromatic carboxylic acids is 1. The number of carboxylic acids is 1. The lowest BCUT2D eigenvalue weighted by Gasteiger charge is -2.20. The van der Waals surface area contributed by atoms with E-state index in [1.807, 2.05) is 10.7 Å². The van der Waals surface area contributed by atoms with Crippen LogP contribution >= 0.6 is 0 Å². The van der Waals surface area contributed by atoms with Crippen molar-refractivity contribution in [3.63, 3.8) is 0 Å². The van der Waals surface area contributed by atoms with Crippen molar-refractivity contribution in [3.8, 4) is 0 Å². The van der Waals surface area contributed by atoms with Crippen molar-refractivity contribution >= 4 is 17.0 Å². The molecule has 0 spiro atoms. The van der Waals surface area contributed by atoms with Gasteiger partial charge in [-0.1, -0.05) is 11.3 Å². The van der Waals surface area contributed by atoms with Crippen LogP contribution in [0.1, 0.15) is 35.7 Å². The third-order valence-corrected chi connectivity index (χ3v) is 4.61. The van der Waals surface area contributed by atoms with Crippen molar-refractivity contribution in [2.75, 3.05) is 13.1 Å². The van der Waals surface area contributed by atoms with E-state index in [0.717, 1.165) is 19.5 Å². The number of hydrogen-bond acceptors (Lipinski definition) is 4. The van der Waals surface area contributed by atoms with Crippen LogP contribution in [-0.4, -0.2) is 50.1 Å². The molecule has 2 unspecified atom stereocenters. The summed E-state index contributed by atoms with van der Waals surface area (Å²) in [5.74, 6) is -0.916. The van der Waals surface area contributed by atoms with Crippen LogP contribution in [-0.2, 0) is 0 Å². The van der Waals surface area contributed by atoms with Crippen LogP contribution < -0.4 is 0 Å². The maximum Gasteiger partial charge on any atom is 0.337 e. The van der Waals surface area contributed by atoms with Crippen molar-refractivity contribution in [2.45, 2.75) is 31.3 Å². The minimum absolute atomic E-state index is 0.253. The van der Waals surface area contributed by atoms with E-state index < -0.39 is 5.97 Å². The number of carbonyl (C=O) groups is 1. The van der Waals surface area contributed by atoms with Crippen molar-refractivity contribution in [1.29, 1.82) is 0 Å². The zero-order valence-electron chi connectivity index (χ0n) is 11.1. The number of fused-ring (bicyclic) bond motifs is 2. The Morgan fingerprint density at radius 3 is 3.00 bits per heavy atom. The van der Waals surface area contributed by atoms with Crippen LogP contribution in [0.2, 0.25) is 0 Å². The van der Waals surface area contributed by atoms with Gasteiger partial charge in [-0.15, -0.1) is 5.10 Å². The summed E-state index contributed by atoms with van der Waals surface area (Å²) in [6, 6.07) is 5.92. The Hall–Kier alpha value is -1.95. The number of hydrogen-bond donors (Lipinski definition) is 1. The van der Waals surface area contributed by atoms with Crippen LogP contribution in [0.3, 0.4) is 0 Å². The summed E-state index contributed by atoms with van der Waals surface area (Å²) in [6.45, 7) is 2.23. The quantitative estimate of drug-likeness (QED) is 0.898. The first-order valence-electron chi connectivity index (χ1n) is 7.07. The summed E-state index contributed by atoms with van der Waals surface area (Å²) in [6.07, 6.45) is 3.41. The van der Waals surface area contributed by atoms with E-state index in [0.29, 0.717) is 22.6 Å². The van der Waals surface area contributed by atoms with E-state index in [-0.39, 0.29) is 6.04 Å². The number of aromatic nitrogens is 3. The molecule has 6 nitrogen and oxygen atoms in total. The molecule has 0 amide bonds. The fourth-order valence-corrected chi connectivity index (χ4v) is 3.74. The number of para-hydroxylation sites is 1. The Morgan fingerprint density at radius 2 is 2.15 bits per heavy atom. The Bertz CT molecular complexity index is 681. The first-order valence-corrected chi connectivity index (χ1v) is 7.07. The van der Waals surface area contributed by atoms with Crippen molar-refractivity contribution in [3.05, 3.63) is 23.8 Å². The fraction of sp³-hybridized carbons (Fsp3) is 0.500. The second-order valence-electron chi connectivity index (χ2n) is 5.61. The zero-order valence-corrected chi connectivity index (χ0v) is 11.1. The van der Waals surface area contributed by atoms with E-state index in [2.05, 4.69) is 15.2 Å². The maximum atomic E-state index is 11.4. The number of rotatable bonds is 2. The van der Waals surface area contributed by atoms with E-state index in [1.54, 1.807) is 12.1 Å². The lowest BCUT2D eigenvalue weighted by atomic mass is 10.1. The monoisotopic (exact) mass is 272 g/mol. The number of nitrogens with zero attached hydrogens (tertiary/aromatic N) is 4. The number of carboxylic acid groups (broad SMARTS) is 1. The fourth-order valence-electron chi connectivity index (χ4n) is 3.74. The van der Waals surface area contributed by atoms with Gasteiger partial charge in [0.2, 0.25) is 0 Å². The average molecular weight is 272 g/mol. The highest BCUT2D eigenvalue weighted by molar-refractivity contribution is 6.00. The zero-order chi connectivity index (χ0) is 13.7. The molecule has 0 aliphatic carbocycles. The van der Waals surface area contributed by atoms with E-state index in [1.165, 1.54) is 12.8 Å². The van der Waals surface area contributed by atoms with Gasteiger partial charge in [-0.3, -0.25) is 4.90 Å². The van der Waals surface area contributed by atoms with Crippen LogP contribution in [0, 0.1) is 0 Å². The highest BCUT2D eigenvalue weighted by Crippen LogP contribution is 2.37. The first kappa shape index (κ1) is 11.8. The van der Waals surface area contributed by atoms with Gasteiger partial charge in [0.15, 0.2) is 0 Å². The van der Waals surface area contributed by atoms with Gasteiger partial charge in [0.05, 0.1) is 11.6 Å². The molecule has 20 heavy (non-hydrogen) atoms.